The number of hydrogen-bond donors (Lipinski definition) is 1. The van der Waals surface area contributed by atoms with Crippen LogP contribution < -0.4 is 0 Å². The van der Waals surface area contributed by atoms with Gasteiger partial charge in [0.05, 0.1) is 6.10 Å². The average molecular weight is 243 g/mol. The van der Waals surface area contributed by atoms with E-state index in [-0.39, 0.29) is 6.10 Å². The molecule has 0 aliphatic carbocycles. The Balaban J connectivity index is 2.67. The first-order valence-electron chi connectivity index (χ1n) is 4.52. The summed E-state index contributed by atoms with van der Waals surface area (Å²) in [7, 11) is 0. The lowest BCUT2D eigenvalue weighted by Gasteiger charge is -2.07. The molecule has 0 aliphatic rings. The first-order chi connectivity index (χ1) is 6.09. The van der Waals surface area contributed by atoms with Crippen LogP contribution in [0.15, 0.2) is 22.7 Å². The monoisotopic (exact) mass is 242 g/mol. The van der Waals surface area contributed by atoms with Crippen molar-refractivity contribution in [3.63, 3.8) is 0 Å². The number of halogens is 1. The first kappa shape index (κ1) is 10.7. The Morgan fingerprint density at radius 1 is 1.46 bits per heavy atom. The van der Waals surface area contributed by atoms with Gasteiger partial charge in [-0.15, -0.1) is 0 Å². The van der Waals surface area contributed by atoms with Crippen molar-refractivity contribution < 1.29 is 5.11 Å². The van der Waals surface area contributed by atoms with Crippen LogP contribution in [0.5, 0.6) is 0 Å². The van der Waals surface area contributed by atoms with E-state index in [9.17, 15) is 0 Å². The van der Waals surface area contributed by atoms with Gasteiger partial charge in [-0.1, -0.05) is 22.0 Å². The van der Waals surface area contributed by atoms with Crippen molar-refractivity contribution in [3.05, 3.63) is 33.8 Å². The van der Waals surface area contributed by atoms with Crippen LogP contribution in [0.1, 0.15) is 24.5 Å². The van der Waals surface area contributed by atoms with E-state index in [1.807, 2.05) is 13.0 Å². The van der Waals surface area contributed by atoms with E-state index in [0.29, 0.717) is 0 Å². The fourth-order valence-corrected chi connectivity index (χ4v) is 1.78. The molecule has 0 saturated heterocycles. The molecule has 0 aromatic heterocycles. The van der Waals surface area contributed by atoms with Crippen molar-refractivity contribution in [2.24, 2.45) is 0 Å². The van der Waals surface area contributed by atoms with Crippen molar-refractivity contribution in [2.45, 2.75) is 32.8 Å². The van der Waals surface area contributed by atoms with Crippen LogP contribution in [0.3, 0.4) is 0 Å². The molecular weight excluding hydrogens is 228 g/mol. The number of benzene rings is 1. The van der Waals surface area contributed by atoms with E-state index < -0.39 is 0 Å². The molecule has 1 aromatic rings. The summed E-state index contributed by atoms with van der Waals surface area (Å²) in [6.45, 7) is 3.93. The number of hydrogen-bond acceptors (Lipinski definition) is 1. The van der Waals surface area contributed by atoms with Gasteiger partial charge < -0.3 is 5.11 Å². The van der Waals surface area contributed by atoms with Crippen molar-refractivity contribution in [1.29, 1.82) is 0 Å². The number of aliphatic hydroxyl groups is 1. The molecule has 1 atom stereocenters. The molecule has 0 radical (unpaired) electrons. The summed E-state index contributed by atoms with van der Waals surface area (Å²) in [6, 6.07) is 6.27. The largest absolute Gasteiger partial charge is 0.393 e. The summed E-state index contributed by atoms with van der Waals surface area (Å²) in [5, 5.41) is 9.15. The molecule has 1 rings (SSSR count). The maximum absolute atomic E-state index is 9.15. The number of rotatable bonds is 3. The molecule has 0 spiro atoms. The summed E-state index contributed by atoms with van der Waals surface area (Å²) in [5.41, 5.74) is 2.61. The second-order valence-corrected chi connectivity index (χ2v) is 4.37. The summed E-state index contributed by atoms with van der Waals surface area (Å²) >= 11 is 3.43. The molecule has 2 heteroatoms. The molecule has 0 bridgehead atoms. The fraction of sp³-hybridized carbons (Fsp3) is 0.455. The third-order valence-electron chi connectivity index (χ3n) is 2.14. The Hall–Kier alpha value is -0.340. The van der Waals surface area contributed by atoms with Gasteiger partial charge in [-0.2, -0.15) is 0 Å². The Morgan fingerprint density at radius 2 is 2.15 bits per heavy atom. The van der Waals surface area contributed by atoms with E-state index in [1.54, 1.807) is 0 Å². The zero-order valence-electron chi connectivity index (χ0n) is 8.05. The standard InChI is InChI=1S/C11H15BrO/c1-8-7-11(12)6-5-10(8)4-3-9(2)13/h5-7,9,13H,3-4H2,1-2H3/t9-/m0/s1. The van der Waals surface area contributed by atoms with Crippen molar-refractivity contribution in [2.75, 3.05) is 0 Å². The van der Waals surface area contributed by atoms with Crippen molar-refractivity contribution >= 4 is 15.9 Å². The minimum Gasteiger partial charge on any atom is -0.393 e. The van der Waals surface area contributed by atoms with Gasteiger partial charge in [-0.05, 0) is 49.9 Å². The zero-order chi connectivity index (χ0) is 9.84. The van der Waals surface area contributed by atoms with Crippen molar-refractivity contribution in [1.82, 2.24) is 0 Å². The Kier molecular flexibility index (Phi) is 3.94. The molecule has 0 amide bonds. The molecule has 1 N–H and O–H groups in total. The van der Waals surface area contributed by atoms with Gasteiger partial charge in [-0.25, -0.2) is 0 Å². The minimum atomic E-state index is -0.206. The highest BCUT2D eigenvalue weighted by atomic mass is 79.9. The van der Waals surface area contributed by atoms with Crippen LogP contribution in [-0.4, -0.2) is 11.2 Å². The topological polar surface area (TPSA) is 20.2 Å². The maximum atomic E-state index is 9.15. The predicted octanol–water partition coefficient (Wildman–Crippen LogP) is 3.07. The Bertz CT molecular complexity index is 281. The number of aryl methyl sites for hydroxylation is 2. The minimum absolute atomic E-state index is 0.206. The Labute approximate surface area is 87.9 Å². The summed E-state index contributed by atoms with van der Waals surface area (Å²) in [4.78, 5) is 0. The molecular formula is C11H15BrO. The van der Waals surface area contributed by atoms with Gasteiger partial charge >= 0.3 is 0 Å². The first-order valence-corrected chi connectivity index (χ1v) is 5.32. The lowest BCUT2D eigenvalue weighted by atomic mass is 10.0. The molecule has 1 aromatic carbocycles. The highest BCUT2D eigenvalue weighted by molar-refractivity contribution is 9.10. The predicted molar refractivity (Wildman–Crippen MR) is 58.9 cm³/mol. The third-order valence-corrected chi connectivity index (χ3v) is 2.63. The van der Waals surface area contributed by atoms with Crippen LogP contribution in [0.2, 0.25) is 0 Å². The summed E-state index contributed by atoms with van der Waals surface area (Å²) in [6.07, 6.45) is 1.59. The molecule has 0 saturated carbocycles. The SMILES string of the molecule is Cc1cc(Br)ccc1CC[C@H](C)O. The van der Waals surface area contributed by atoms with Gasteiger partial charge in [0.2, 0.25) is 0 Å². The van der Waals surface area contributed by atoms with Crippen LogP contribution >= 0.6 is 15.9 Å². The molecule has 13 heavy (non-hydrogen) atoms. The lowest BCUT2D eigenvalue weighted by molar-refractivity contribution is 0.185. The molecule has 0 heterocycles. The van der Waals surface area contributed by atoms with E-state index in [2.05, 4.69) is 35.0 Å². The van der Waals surface area contributed by atoms with Crippen LogP contribution in [-0.2, 0) is 6.42 Å². The van der Waals surface area contributed by atoms with E-state index in [4.69, 9.17) is 5.11 Å². The Morgan fingerprint density at radius 3 is 2.69 bits per heavy atom. The van der Waals surface area contributed by atoms with Crippen molar-refractivity contribution in [3.8, 4) is 0 Å². The molecule has 0 aliphatic heterocycles. The summed E-state index contributed by atoms with van der Waals surface area (Å²) in [5.74, 6) is 0. The normalized spacial score (nSPS) is 12.9. The zero-order valence-corrected chi connectivity index (χ0v) is 9.63. The second-order valence-electron chi connectivity index (χ2n) is 3.46. The van der Waals surface area contributed by atoms with Gasteiger partial charge in [0.25, 0.3) is 0 Å². The quantitative estimate of drug-likeness (QED) is 0.864. The molecule has 1 nitrogen and oxygen atoms in total. The summed E-state index contributed by atoms with van der Waals surface area (Å²) < 4.78 is 1.12. The molecule has 0 fully saturated rings. The lowest BCUT2D eigenvalue weighted by Crippen LogP contribution is -2.02. The highest BCUT2D eigenvalue weighted by Crippen LogP contribution is 2.17. The maximum Gasteiger partial charge on any atom is 0.0515 e. The second kappa shape index (κ2) is 4.77. The molecule has 72 valence electrons. The van der Waals surface area contributed by atoms with E-state index in [1.165, 1.54) is 11.1 Å². The highest BCUT2D eigenvalue weighted by Gasteiger charge is 2.01. The number of aliphatic hydroxyl groups excluding tert-OH is 1. The van der Waals surface area contributed by atoms with Crippen LogP contribution in [0.4, 0.5) is 0 Å². The van der Waals surface area contributed by atoms with Gasteiger partial charge in [0.15, 0.2) is 0 Å². The molecule has 0 unspecified atom stereocenters. The average Bonchev–Trinajstić information content (AvgIpc) is 2.02. The van der Waals surface area contributed by atoms with Crippen LogP contribution in [0, 0.1) is 6.92 Å². The van der Waals surface area contributed by atoms with Crippen LogP contribution in [0.25, 0.3) is 0 Å². The van der Waals surface area contributed by atoms with Gasteiger partial charge in [0.1, 0.15) is 0 Å². The van der Waals surface area contributed by atoms with E-state index in [0.717, 1.165) is 17.3 Å². The van der Waals surface area contributed by atoms with Gasteiger partial charge in [0, 0.05) is 4.47 Å². The smallest absolute Gasteiger partial charge is 0.0515 e. The van der Waals surface area contributed by atoms with E-state index >= 15 is 0 Å². The third kappa shape index (κ3) is 3.49. The fourth-order valence-electron chi connectivity index (χ4n) is 1.30. The van der Waals surface area contributed by atoms with Gasteiger partial charge in [-0.3, -0.25) is 0 Å².